The number of amides is 1. The van der Waals surface area contributed by atoms with Gasteiger partial charge < -0.3 is 10.4 Å². The molecule has 0 aromatic carbocycles. The van der Waals surface area contributed by atoms with Gasteiger partial charge in [-0.05, 0) is 18.8 Å². The lowest BCUT2D eigenvalue weighted by atomic mass is 10.3. The molecule has 4 heteroatoms. The molecule has 2 unspecified atom stereocenters. The van der Waals surface area contributed by atoms with Gasteiger partial charge in [-0.1, -0.05) is 6.92 Å². The van der Waals surface area contributed by atoms with E-state index in [0.29, 0.717) is 18.9 Å². The fourth-order valence-electron chi connectivity index (χ4n) is 1.27. The predicted octanol–water partition coefficient (Wildman–Crippen LogP) is 0.623. The van der Waals surface area contributed by atoms with Crippen molar-refractivity contribution in [3.05, 3.63) is 0 Å². The van der Waals surface area contributed by atoms with Crippen molar-refractivity contribution in [3.63, 3.8) is 0 Å². The molecule has 1 rings (SSSR count). The molecular weight excluding hydrogens is 170 g/mol. The summed E-state index contributed by atoms with van der Waals surface area (Å²) in [5.41, 5.74) is 0. The first-order valence-electron chi connectivity index (χ1n) is 4.60. The van der Waals surface area contributed by atoms with Crippen LogP contribution < -0.4 is 5.32 Å². The van der Waals surface area contributed by atoms with Crippen LogP contribution in [0.5, 0.6) is 0 Å². The van der Waals surface area contributed by atoms with Gasteiger partial charge in [0.05, 0.1) is 0 Å². The molecule has 2 N–H and O–H groups in total. The predicted molar refractivity (Wildman–Crippen MR) is 47.2 cm³/mol. The maximum Gasteiger partial charge on any atom is 0.303 e. The summed E-state index contributed by atoms with van der Waals surface area (Å²) in [6, 6.07) is 0. The van der Waals surface area contributed by atoms with Gasteiger partial charge in [-0.3, -0.25) is 9.59 Å². The minimum atomic E-state index is -0.811. The van der Waals surface area contributed by atoms with Crippen LogP contribution in [0.25, 0.3) is 0 Å². The van der Waals surface area contributed by atoms with E-state index in [-0.39, 0.29) is 18.2 Å². The van der Waals surface area contributed by atoms with Crippen LogP contribution in [-0.4, -0.2) is 23.5 Å². The van der Waals surface area contributed by atoms with Crippen LogP contribution in [-0.2, 0) is 9.59 Å². The first kappa shape index (κ1) is 10.0. The summed E-state index contributed by atoms with van der Waals surface area (Å²) in [5, 5.41) is 11.1. The van der Waals surface area contributed by atoms with E-state index in [1.54, 1.807) is 0 Å². The molecule has 0 aromatic heterocycles. The molecule has 4 nitrogen and oxygen atoms in total. The lowest BCUT2D eigenvalue weighted by molar-refractivity contribution is -0.137. The van der Waals surface area contributed by atoms with E-state index < -0.39 is 5.97 Å². The number of carbonyl (C=O) groups excluding carboxylic acids is 1. The Morgan fingerprint density at radius 1 is 1.54 bits per heavy atom. The quantitative estimate of drug-likeness (QED) is 0.617. The van der Waals surface area contributed by atoms with Gasteiger partial charge >= 0.3 is 5.97 Å². The third kappa shape index (κ3) is 3.44. The van der Waals surface area contributed by atoms with Gasteiger partial charge in [0, 0.05) is 18.9 Å². The van der Waals surface area contributed by atoms with Crippen molar-refractivity contribution >= 4 is 11.9 Å². The molecule has 0 aliphatic heterocycles. The topological polar surface area (TPSA) is 66.4 Å². The molecule has 1 fully saturated rings. The van der Waals surface area contributed by atoms with Gasteiger partial charge in [-0.2, -0.15) is 0 Å². The highest BCUT2D eigenvalue weighted by atomic mass is 16.4. The number of carboxylic acid groups (broad SMARTS) is 1. The van der Waals surface area contributed by atoms with Crippen LogP contribution in [0.4, 0.5) is 0 Å². The zero-order chi connectivity index (χ0) is 9.84. The normalized spacial score (nSPS) is 25.3. The Morgan fingerprint density at radius 2 is 2.15 bits per heavy atom. The monoisotopic (exact) mass is 185 g/mol. The van der Waals surface area contributed by atoms with E-state index in [2.05, 4.69) is 5.32 Å². The molecular formula is C9H15NO3. The molecule has 0 radical (unpaired) electrons. The molecule has 1 aliphatic carbocycles. The van der Waals surface area contributed by atoms with E-state index in [1.807, 2.05) is 6.92 Å². The number of hydrogen-bond donors (Lipinski definition) is 2. The van der Waals surface area contributed by atoms with Crippen molar-refractivity contribution < 1.29 is 14.7 Å². The van der Waals surface area contributed by atoms with Crippen molar-refractivity contribution in [1.82, 2.24) is 5.32 Å². The summed E-state index contributed by atoms with van der Waals surface area (Å²) in [6.07, 6.45) is 1.62. The van der Waals surface area contributed by atoms with Gasteiger partial charge in [0.1, 0.15) is 0 Å². The first-order valence-corrected chi connectivity index (χ1v) is 4.60. The third-order valence-corrected chi connectivity index (χ3v) is 2.31. The average Bonchev–Trinajstić information content (AvgIpc) is 2.75. The second-order valence-corrected chi connectivity index (χ2v) is 3.61. The summed E-state index contributed by atoms with van der Waals surface area (Å²) < 4.78 is 0. The minimum Gasteiger partial charge on any atom is -0.481 e. The van der Waals surface area contributed by atoms with Crippen LogP contribution in [0, 0.1) is 11.8 Å². The molecule has 1 aliphatic rings. The standard InChI is InChI=1S/C9H15NO3/c1-6-5-7(6)9(13)10-4-2-3-8(11)12/h6-7H,2-5H2,1H3,(H,10,13)(H,11,12). The highest BCUT2D eigenvalue weighted by molar-refractivity contribution is 5.81. The lowest BCUT2D eigenvalue weighted by Crippen LogP contribution is -2.26. The maximum atomic E-state index is 11.2. The molecule has 0 aromatic rings. The summed E-state index contributed by atoms with van der Waals surface area (Å²) in [6.45, 7) is 2.52. The number of carbonyl (C=O) groups is 2. The summed E-state index contributed by atoms with van der Waals surface area (Å²) >= 11 is 0. The maximum absolute atomic E-state index is 11.2. The zero-order valence-corrected chi connectivity index (χ0v) is 7.75. The number of hydrogen-bond acceptors (Lipinski definition) is 2. The molecule has 0 heterocycles. The second kappa shape index (κ2) is 4.25. The van der Waals surface area contributed by atoms with Crippen LogP contribution >= 0.6 is 0 Å². The molecule has 13 heavy (non-hydrogen) atoms. The van der Waals surface area contributed by atoms with E-state index in [9.17, 15) is 9.59 Å². The Morgan fingerprint density at radius 3 is 2.62 bits per heavy atom. The lowest BCUT2D eigenvalue weighted by Gasteiger charge is -2.01. The van der Waals surface area contributed by atoms with Crippen molar-refractivity contribution in [2.45, 2.75) is 26.2 Å². The Balaban J connectivity index is 1.99. The Labute approximate surface area is 77.3 Å². The minimum absolute atomic E-state index is 0.0814. The molecule has 1 amide bonds. The summed E-state index contributed by atoms with van der Waals surface area (Å²) in [7, 11) is 0. The van der Waals surface area contributed by atoms with Crippen molar-refractivity contribution in [1.29, 1.82) is 0 Å². The van der Waals surface area contributed by atoms with Gasteiger partial charge in [0.25, 0.3) is 0 Å². The van der Waals surface area contributed by atoms with Crippen molar-refractivity contribution in [2.75, 3.05) is 6.54 Å². The summed E-state index contributed by atoms with van der Waals surface area (Å²) in [4.78, 5) is 21.3. The van der Waals surface area contributed by atoms with Crippen LogP contribution in [0.3, 0.4) is 0 Å². The van der Waals surface area contributed by atoms with Crippen LogP contribution in [0.2, 0.25) is 0 Å². The molecule has 1 saturated carbocycles. The van der Waals surface area contributed by atoms with Gasteiger partial charge in [0.15, 0.2) is 0 Å². The van der Waals surface area contributed by atoms with Crippen LogP contribution in [0.15, 0.2) is 0 Å². The number of rotatable bonds is 5. The number of carboxylic acids is 1. The number of aliphatic carboxylic acids is 1. The average molecular weight is 185 g/mol. The van der Waals surface area contributed by atoms with E-state index in [0.717, 1.165) is 6.42 Å². The van der Waals surface area contributed by atoms with Gasteiger partial charge in [-0.25, -0.2) is 0 Å². The van der Waals surface area contributed by atoms with Crippen molar-refractivity contribution in [3.8, 4) is 0 Å². The highest BCUT2D eigenvalue weighted by Crippen LogP contribution is 2.37. The fourth-order valence-corrected chi connectivity index (χ4v) is 1.27. The molecule has 2 atom stereocenters. The third-order valence-electron chi connectivity index (χ3n) is 2.31. The van der Waals surface area contributed by atoms with E-state index in [1.165, 1.54) is 0 Å². The molecule has 74 valence electrons. The highest BCUT2D eigenvalue weighted by Gasteiger charge is 2.38. The smallest absolute Gasteiger partial charge is 0.303 e. The Kier molecular flexibility index (Phi) is 3.28. The fraction of sp³-hybridized carbons (Fsp3) is 0.778. The first-order chi connectivity index (χ1) is 6.11. The van der Waals surface area contributed by atoms with E-state index >= 15 is 0 Å². The SMILES string of the molecule is CC1CC1C(=O)NCCCC(=O)O. The van der Waals surface area contributed by atoms with Gasteiger partial charge in [-0.15, -0.1) is 0 Å². The second-order valence-electron chi connectivity index (χ2n) is 3.61. The van der Waals surface area contributed by atoms with Crippen molar-refractivity contribution in [2.24, 2.45) is 11.8 Å². The molecule has 0 saturated heterocycles. The molecule has 0 spiro atoms. The number of nitrogens with one attached hydrogen (secondary N) is 1. The van der Waals surface area contributed by atoms with Crippen LogP contribution in [0.1, 0.15) is 26.2 Å². The zero-order valence-electron chi connectivity index (χ0n) is 7.75. The Bertz CT molecular complexity index is 215. The Hall–Kier alpha value is -1.06. The molecule has 0 bridgehead atoms. The van der Waals surface area contributed by atoms with E-state index in [4.69, 9.17) is 5.11 Å². The van der Waals surface area contributed by atoms with Gasteiger partial charge in [0.2, 0.25) is 5.91 Å². The largest absolute Gasteiger partial charge is 0.481 e. The summed E-state index contributed by atoms with van der Waals surface area (Å²) in [5.74, 6) is -0.0313.